The number of piperidine rings is 1. The van der Waals surface area contributed by atoms with Crippen LogP contribution in [-0.4, -0.2) is 34.7 Å². The molecule has 1 saturated heterocycles. The number of rotatable bonds is 6. The number of aryl methyl sites for hydroxylation is 1. The highest BCUT2D eigenvalue weighted by atomic mass is 16.1. The van der Waals surface area contributed by atoms with Crippen LogP contribution in [0.3, 0.4) is 0 Å². The maximum absolute atomic E-state index is 12.6. The lowest BCUT2D eigenvalue weighted by Gasteiger charge is -2.40. The van der Waals surface area contributed by atoms with Gasteiger partial charge in [0.2, 0.25) is 0 Å². The average molecular weight is 292 g/mol. The van der Waals surface area contributed by atoms with Crippen LogP contribution in [-0.2, 0) is 6.54 Å². The van der Waals surface area contributed by atoms with Crippen molar-refractivity contribution in [2.24, 2.45) is 0 Å². The molecule has 0 aliphatic carbocycles. The highest BCUT2D eigenvalue weighted by Crippen LogP contribution is 2.23. The van der Waals surface area contributed by atoms with Crippen LogP contribution in [0.2, 0.25) is 0 Å². The van der Waals surface area contributed by atoms with E-state index in [1.54, 1.807) is 17.0 Å². The molecule has 1 aliphatic rings. The second-order valence-electron chi connectivity index (χ2n) is 5.85. The van der Waals surface area contributed by atoms with E-state index in [1.165, 1.54) is 6.42 Å². The minimum Gasteiger partial charge on any atom is -0.347 e. The van der Waals surface area contributed by atoms with Gasteiger partial charge in [0.25, 0.3) is 5.56 Å². The Morgan fingerprint density at radius 3 is 2.95 bits per heavy atom. The largest absolute Gasteiger partial charge is 0.347 e. The smallest absolute Gasteiger partial charge is 0.293 e. The first-order chi connectivity index (χ1) is 10.2. The third-order valence-electron chi connectivity index (χ3n) is 4.28. The molecule has 118 valence electrons. The van der Waals surface area contributed by atoms with Crippen molar-refractivity contribution in [3.05, 3.63) is 22.7 Å². The minimum atomic E-state index is 0.0509. The van der Waals surface area contributed by atoms with E-state index in [2.05, 4.69) is 36.0 Å². The third kappa shape index (κ3) is 3.64. The molecule has 0 spiro atoms. The fourth-order valence-electron chi connectivity index (χ4n) is 3.25. The van der Waals surface area contributed by atoms with Crippen LogP contribution in [0, 0.1) is 0 Å². The van der Waals surface area contributed by atoms with Crippen molar-refractivity contribution in [2.45, 2.75) is 65.1 Å². The number of nitrogens with zero attached hydrogens (tertiary/aromatic N) is 3. The Hall–Kier alpha value is -1.36. The van der Waals surface area contributed by atoms with Crippen molar-refractivity contribution in [3.8, 4) is 0 Å². The van der Waals surface area contributed by atoms with Crippen LogP contribution in [0.4, 0.5) is 5.82 Å². The molecule has 1 aromatic heterocycles. The summed E-state index contributed by atoms with van der Waals surface area (Å²) >= 11 is 0. The van der Waals surface area contributed by atoms with E-state index in [9.17, 15) is 4.79 Å². The molecule has 1 aromatic rings. The lowest BCUT2D eigenvalue weighted by atomic mass is 9.96. The lowest BCUT2D eigenvalue weighted by Crippen LogP contribution is -2.53. The quantitative estimate of drug-likeness (QED) is 0.871. The van der Waals surface area contributed by atoms with Crippen LogP contribution in [0.5, 0.6) is 0 Å². The summed E-state index contributed by atoms with van der Waals surface area (Å²) in [6.07, 6.45) is 8.00. The Labute approximate surface area is 127 Å². The highest BCUT2D eigenvalue weighted by Gasteiger charge is 2.29. The highest BCUT2D eigenvalue weighted by molar-refractivity contribution is 5.38. The van der Waals surface area contributed by atoms with E-state index < -0.39 is 0 Å². The molecular formula is C16H28N4O. The van der Waals surface area contributed by atoms with Gasteiger partial charge in [0.1, 0.15) is 0 Å². The van der Waals surface area contributed by atoms with Crippen molar-refractivity contribution in [2.75, 3.05) is 18.0 Å². The number of nitrogens with one attached hydrogen (secondary N) is 1. The molecule has 1 fully saturated rings. The molecule has 2 rings (SSSR count). The number of aromatic nitrogens is 2. The fourth-order valence-corrected chi connectivity index (χ4v) is 3.25. The number of hydrogen-bond acceptors (Lipinski definition) is 4. The molecule has 1 aliphatic heterocycles. The summed E-state index contributed by atoms with van der Waals surface area (Å²) in [6.45, 7) is 9.06. The molecule has 0 amide bonds. The summed E-state index contributed by atoms with van der Waals surface area (Å²) < 4.78 is 1.78. The first kappa shape index (κ1) is 16.0. The molecule has 2 atom stereocenters. The first-order valence-electron chi connectivity index (χ1n) is 8.24. The summed E-state index contributed by atoms with van der Waals surface area (Å²) in [5.74, 6) is 0.625. The summed E-state index contributed by atoms with van der Waals surface area (Å²) in [4.78, 5) is 19.3. The maximum atomic E-state index is 12.6. The fraction of sp³-hybridized carbons (Fsp3) is 0.750. The lowest BCUT2D eigenvalue weighted by molar-refractivity contribution is 0.368. The van der Waals surface area contributed by atoms with Gasteiger partial charge >= 0.3 is 0 Å². The summed E-state index contributed by atoms with van der Waals surface area (Å²) in [5.41, 5.74) is 0.0509. The molecule has 1 N–H and O–H groups in total. The van der Waals surface area contributed by atoms with Crippen LogP contribution >= 0.6 is 0 Å². The van der Waals surface area contributed by atoms with E-state index in [1.807, 2.05) is 0 Å². The zero-order valence-electron chi connectivity index (χ0n) is 13.5. The summed E-state index contributed by atoms with van der Waals surface area (Å²) in [5, 5.41) is 3.50. The van der Waals surface area contributed by atoms with Gasteiger partial charge in [0.05, 0.1) is 0 Å². The van der Waals surface area contributed by atoms with Gasteiger partial charge in [0, 0.05) is 37.6 Å². The molecule has 0 bridgehead atoms. The maximum Gasteiger partial charge on any atom is 0.293 e. The Bertz CT molecular complexity index is 499. The Balaban J connectivity index is 2.29. The number of anilines is 1. The monoisotopic (exact) mass is 292 g/mol. The minimum absolute atomic E-state index is 0.0509. The Kier molecular flexibility index (Phi) is 5.79. The zero-order valence-corrected chi connectivity index (χ0v) is 13.5. The molecule has 2 heterocycles. The van der Waals surface area contributed by atoms with Crippen molar-refractivity contribution < 1.29 is 0 Å². The van der Waals surface area contributed by atoms with Gasteiger partial charge in [-0.15, -0.1) is 0 Å². The zero-order chi connectivity index (χ0) is 15.2. The van der Waals surface area contributed by atoms with Crippen LogP contribution in [0.15, 0.2) is 17.2 Å². The van der Waals surface area contributed by atoms with Gasteiger partial charge < -0.3 is 14.8 Å². The topological polar surface area (TPSA) is 50.2 Å². The van der Waals surface area contributed by atoms with E-state index in [0.29, 0.717) is 17.9 Å². The van der Waals surface area contributed by atoms with Crippen LogP contribution in [0.25, 0.3) is 0 Å². The van der Waals surface area contributed by atoms with Crippen LogP contribution in [0.1, 0.15) is 46.5 Å². The van der Waals surface area contributed by atoms with Gasteiger partial charge in [-0.3, -0.25) is 4.79 Å². The van der Waals surface area contributed by atoms with Crippen molar-refractivity contribution in [3.63, 3.8) is 0 Å². The van der Waals surface area contributed by atoms with Gasteiger partial charge in [-0.1, -0.05) is 13.8 Å². The van der Waals surface area contributed by atoms with E-state index in [4.69, 9.17) is 0 Å². The predicted octanol–water partition coefficient (Wildman–Crippen LogP) is 2.01. The van der Waals surface area contributed by atoms with Gasteiger partial charge in [0.15, 0.2) is 5.82 Å². The second-order valence-corrected chi connectivity index (χ2v) is 5.85. The number of likely N-dealkylation sites (N-methyl/N-ethyl adjacent to an activating group) is 1. The van der Waals surface area contributed by atoms with Crippen molar-refractivity contribution in [1.82, 2.24) is 14.9 Å². The van der Waals surface area contributed by atoms with E-state index in [0.717, 1.165) is 38.9 Å². The van der Waals surface area contributed by atoms with Crippen molar-refractivity contribution in [1.29, 1.82) is 0 Å². The van der Waals surface area contributed by atoms with Gasteiger partial charge in [-0.05, 0) is 39.2 Å². The summed E-state index contributed by atoms with van der Waals surface area (Å²) in [6, 6.07) is 0.729. The average Bonchev–Trinajstić information content (AvgIpc) is 2.50. The second kappa shape index (κ2) is 7.59. The first-order valence-corrected chi connectivity index (χ1v) is 8.24. The molecule has 21 heavy (non-hydrogen) atoms. The standard InChI is InChI=1S/C16H28N4O/c1-4-10-19-12-9-18-15(16(19)21)20-11-7-6-8-14(20)13(3)17-5-2/h9,12-14,17H,4-8,10-11H2,1-3H3. The Morgan fingerprint density at radius 1 is 1.43 bits per heavy atom. The predicted molar refractivity (Wildman–Crippen MR) is 86.9 cm³/mol. The van der Waals surface area contributed by atoms with Crippen LogP contribution < -0.4 is 15.8 Å². The molecule has 0 radical (unpaired) electrons. The molecule has 2 unspecified atom stereocenters. The van der Waals surface area contributed by atoms with Crippen molar-refractivity contribution >= 4 is 5.82 Å². The van der Waals surface area contributed by atoms with Gasteiger partial charge in [-0.25, -0.2) is 4.98 Å². The van der Waals surface area contributed by atoms with E-state index >= 15 is 0 Å². The van der Waals surface area contributed by atoms with Gasteiger partial charge in [-0.2, -0.15) is 0 Å². The molecular weight excluding hydrogens is 264 g/mol. The number of hydrogen-bond donors (Lipinski definition) is 1. The molecule has 5 heteroatoms. The molecule has 0 aromatic carbocycles. The normalized spacial score (nSPS) is 20.5. The van der Waals surface area contributed by atoms with E-state index in [-0.39, 0.29) is 5.56 Å². The summed E-state index contributed by atoms with van der Waals surface area (Å²) in [7, 11) is 0. The molecule has 0 saturated carbocycles. The Morgan fingerprint density at radius 2 is 2.24 bits per heavy atom. The molecule has 5 nitrogen and oxygen atoms in total. The third-order valence-corrected chi connectivity index (χ3v) is 4.28. The SMILES string of the molecule is CCCn1ccnc(N2CCCCC2C(C)NCC)c1=O.